The van der Waals surface area contributed by atoms with Crippen LogP contribution in [-0.2, 0) is 29.6 Å². The number of Topliss-reactive ketones (excluding diaryl/α,β-unsaturated/α-hetero) is 1. The normalized spacial score (nSPS) is 23.0. The van der Waals surface area contributed by atoms with Crippen molar-refractivity contribution < 1.29 is 41.8 Å². The highest BCUT2D eigenvalue weighted by atomic mass is 32.2. The highest BCUT2D eigenvalue weighted by molar-refractivity contribution is 7.86. The van der Waals surface area contributed by atoms with Crippen LogP contribution in [0.3, 0.4) is 0 Å². The van der Waals surface area contributed by atoms with E-state index in [1.165, 1.54) is 0 Å². The first kappa shape index (κ1) is 17.7. The Kier molecular flexibility index (Phi) is 4.05. The molecule has 2 aromatic carbocycles. The summed E-state index contributed by atoms with van der Waals surface area (Å²) in [5, 5.41) is 0. The molecule has 0 amide bonds. The molecule has 0 saturated carbocycles. The molecule has 0 aliphatic carbocycles. The quantitative estimate of drug-likeness (QED) is 0.725. The number of ether oxygens (including phenoxy) is 3. The van der Waals surface area contributed by atoms with Crippen molar-refractivity contribution >= 4 is 15.9 Å². The molecule has 2 aliphatic heterocycles. The molecule has 152 valence electrons. The highest BCUT2D eigenvalue weighted by Crippen LogP contribution is 2.43. The van der Waals surface area contributed by atoms with Crippen LogP contribution in [0.4, 0.5) is 8.78 Å². The highest BCUT2D eigenvalue weighted by Gasteiger charge is 2.45. The van der Waals surface area contributed by atoms with E-state index < -0.39 is 51.4 Å². The molecule has 0 radical (unpaired) electrons. The summed E-state index contributed by atoms with van der Waals surface area (Å²) in [7, 11) is -4.31. The minimum absolute atomic E-state index is 0.241. The summed E-state index contributed by atoms with van der Waals surface area (Å²) in [5.41, 5.74) is 5.75. The van der Waals surface area contributed by atoms with Gasteiger partial charge in [0, 0.05) is 5.56 Å². The number of hydrogen-bond donors (Lipinski definition) is 1. The van der Waals surface area contributed by atoms with Crippen molar-refractivity contribution in [3.63, 3.8) is 0 Å². The number of benzene rings is 2. The molecule has 0 fully saturated rings. The number of carbonyl (C=O) groups is 1. The van der Waals surface area contributed by atoms with Crippen molar-refractivity contribution in [1.29, 1.82) is 0 Å². The van der Waals surface area contributed by atoms with Crippen LogP contribution < -0.4 is 15.2 Å². The van der Waals surface area contributed by atoms with Gasteiger partial charge in [0.05, 0.1) is 1.37 Å². The zero-order chi connectivity index (χ0) is 21.7. The maximum Gasteiger partial charge on any atom is 0.586 e. The van der Waals surface area contributed by atoms with Crippen LogP contribution in [-0.4, -0.2) is 20.5 Å². The lowest BCUT2D eigenvalue weighted by Crippen LogP contribution is -2.25. The van der Waals surface area contributed by atoms with Crippen LogP contribution in [0.1, 0.15) is 18.6 Å². The van der Waals surface area contributed by atoms with E-state index in [2.05, 4.69) is 9.47 Å². The fraction of sp³-hybridized carbons (Fsp3) is 0.167. The molecular weight excluding hydrogens is 412 g/mol. The first-order chi connectivity index (χ1) is 14.0. The molecule has 11 heteroatoms. The van der Waals surface area contributed by atoms with Gasteiger partial charge in [-0.1, -0.05) is 36.4 Å². The minimum atomic E-state index is -4.31. The Labute approximate surface area is 165 Å². The number of carbonyl (C=O) groups excluding carboxylic acids is 1. The van der Waals surface area contributed by atoms with E-state index in [9.17, 15) is 22.0 Å². The number of rotatable bonds is 5. The zero-order valence-electron chi connectivity index (χ0n) is 15.4. The number of nitrogens with two attached hydrogens (primary N) is 1. The van der Waals surface area contributed by atoms with Crippen LogP contribution in [0.2, 0.25) is 0 Å². The second-order valence-corrected chi connectivity index (χ2v) is 7.62. The Morgan fingerprint density at radius 1 is 1.14 bits per heavy atom. The maximum absolute atomic E-state index is 13.2. The van der Waals surface area contributed by atoms with Crippen LogP contribution in [0.5, 0.6) is 11.5 Å². The Morgan fingerprint density at radius 3 is 2.55 bits per heavy atom. The van der Waals surface area contributed by atoms with Crippen molar-refractivity contribution in [2.24, 2.45) is 5.73 Å². The molecule has 2 aromatic rings. The summed E-state index contributed by atoms with van der Waals surface area (Å²) in [4.78, 5) is 12.7. The molecule has 4 rings (SSSR count). The van der Waals surface area contributed by atoms with Crippen molar-refractivity contribution in [3.8, 4) is 11.5 Å². The third kappa shape index (κ3) is 3.81. The van der Waals surface area contributed by atoms with Crippen molar-refractivity contribution in [3.05, 3.63) is 71.3 Å². The molecular formula is C18H13F2NO7S. The van der Waals surface area contributed by atoms with Crippen LogP contribution in [0, 0.1) is 0 Å². The molecule has 0 bridgehead atoms. The van der Waals surface area contributed by atoms with Gasteiger partial charge in [0.2, 0.25) is 17.4 Å². The average molecular weight is 426 g/mol. The molecule has 0 saturated heterocycles. The topological polar surface area (TPSA) is 114 Å². The fourth-order valence-corrected chi connectivity index (χ4v) is 3.78. The molecule has 0 unspecified atom stereocenters. The maximum atomic E-state index is 13.2. The van der Waals surface area contributed by atoms with Gasteiger partial charge >= 0.3 is 16.4 Å². The lowest BCUT2D eigenvalue weighted by atomic mass is 10.1. The first-order valence-electron chi connectivity index (χ1n) is 8.59. The van der Waals surface area contributed by atoms with Gasteiger partial charge in [0.25, 0.3) is 0 Å². The summed E-state index contributed by atoms with van der Waals surface area (Å²) in [5.74, 6) is -4.10. The van der Waals surface area contributed by atoms with E-state index in [0.29, 0.717) is 5.56 Å². The number of fused-ring (bicyclic) bond motifs is 1. The van der Waals surface area contributed by atoms with Gasteiger partial charge in [-0.15, -0.1) is 8.78 Å². The summed E-state index contributed by atoms with van der Waals surface area (Å²) in [6.07, 6.45) is -6.45. The van der Waals surface area contributed by atoms with E-state index in [0.717, 1.165) is 18.2 Å². The van der Waals surface area contributed by atoms with Crippen LogP contribution in [0.25, 0.3) is 0 Å². The van der Waals surface area contributed by atoms with Crippen molar-refractivity contribution in [2.75, 3.05) is 0 Å². The summed E-state index contributed by atoms with van der Waals surface area (Å²) >= 11 is 0. The predicted octanol–water partition coefficient (Wildman–Crippen LogP) is 2.32. The average Bonchev–Trinajstić information content (AvgIpc) is 3.08. The van der Waals surface area contributed by atoms with Gasteiger partial charge in [-0.05, 0) is 17.7 Å². The standard InChI is InChI=1S/C18H13F2NO7S/c19-18(20)26-12-7-6-11(8-13(12)27-18)15-14(22)16(17(21)25-15)28-29(23,24)9-10-4-2-1-3-5-10/h1-8,15H,9,21H2/t15-/m1/s1/i15D. The Hall–Kier alpha value is -3.34. The lowest BCUT2D eigenvalue weighted by molar-refractivity contribution is -0.286. The summed E-state index contributed by atoms with van der Waals surface area (Å²) < 4.78 is 77.8. The second kappa shape index (κ2) is 6.62. The van der Waals surface area contributed by atoms with Crippen LogP contribution >= 0.6 is 0 Å². The van der Waals surface area contributed by atoms with Crippen molar-refractivity contribution in [2.45, 2.75) is 18.1 Å². The fourth-order valence-electron chi connectivity index (χ4n) is 2.71. The molecule has 2 aliphatic rings. The first-order valence-corrected chi connectivity index (χ1v) is 9.67. The Balaban J connectivity index is 1.58. The van der Waals surface area contributed by atoms with E-state index in [-0.39, 0.29) is 11.3 Å². The van der Waals surface area contributed by atoms with E-state index in [1.807, 2.05) is 0 Å². The lowest BCUT2D eigenvalue weighted by Gasteiger charge is -2.10. The SMILES string of the molecule is [2H][C@]1(c2ccc3c(c2)OC(F)(F)O3)OC(N)=C(OS(=O)(=O)Cc2ccccc2)C1=O. The van der Waals surface area contributed by atoms with Gasteiger partial charge in [-0.2, -0.15) is 8.42 Å². The Bertz CT molecular complexity index is 1170. The van der Waals surface area contributed by atoms with Gasteiger partial charge in [-0.3, -0.25) is 4.79 Å². The molecule has 0 aromatic heterocycles. The molecule has 0 spiro atoms. The molecule has 2 heterocycles. The third-order valence-electron chi connectivity index (χ3n) is 3.91. The largest absolute Gasteiger partial charge is 0.586 e. The van der Waals surface area contributed by atoms with Gasteiger partial charge < -0.3 is 24.1 Å². The second-order valence-electron chi connectivity index (χ2n) is 6.05. The van der Waals surface area contributed by atoms with E-state index in [1.54, 1.807) is 30.3 Å². The smallest absolute Gasteiger partial charge is 0.460 e. The predicted molar refractivity (Wildman–Crippen MR) is 92.8 cm³/mol. The number of alkyl halides is 2. The van der Waals surface area contributed by atoms with Gasteiger partial charge in [-0.25, -0.2) is 0 Å². The molecule has 8 nitrogen and oxygen atoms in total. The minimum Gasteiger partial charge on any atom is -0.460 e. The monoisotopic (exact) mass is 426 g/mol. The molecule has 29 heavy (non-hydrogen) atoms. The molecule has 2 N–H and O–H groups in total. The number of ketones is 1. The van der Waals surface area contributed by atoms with Crippen LogP contribution in [0.15, 0.2) is 60.2 Å². The Morgan fingerprint density at radius 2 is 1.83 bits per heavy atom. The van der Waals surface area contributed by atoms with Gasteiger partial charge in [0.1, 0.15) is 5.75 Å². The third-order valence-corrected chi connectivity index (χ3v) is 5.02. The number of hydrogen-bond acceptors (Lipinski definition) is 8. The van der Waals surface area contributed by atoms with E-state index >= 15 is 0 Å². The summed E-state index contributed by atoms with van der Waals surface area (Å²) in [6.45, 7) is 0. The zero-order valence-corrected chi connectivity index (χ0v) is 15.2. The van der Waals surface area contributed by atoms with Gasteiger partial charge in [0.15, 0.2) is 17.6 Å². The van der Waals surface area contributed by atoms with E-state index in [4.69, 9.17) is 16.0 Å². The molecule has 1 atom stereocenters. The number of halogens is 2. The summed E-state index contributed by atoms with van der Waals surface area (Å²) in [6, 6.07) is 11.1. The van der Waals surface area contributed by atoms with Crippen molar-refractivity contribution in [1.82, 2.24) is 0 Å².